The molecule has 0 aliphatic heterocycles. The lowest BCUT2D eigenvalue weighted by atomic mass is 10.4. The van der Waals surface area contributed by atoms with E-state index in [2.05, 4.69) is 25.7 Å². The Morgan fingerprint density at radius 1 is 1.32 bits per heavy atom. The lowest BCUT2D eigenvalue weighted by molar-refractivity contribution is 0.472. The van der Waals surface area contributed by atoms with E-state index in [-0.39, 0.29) is 0 Å². The Morgan fingerprint density at radius 2 is 2.14 bits per heavy atom. The maximum absolute atomic E-state index is 5.53. The molecule has 0 atom stereocenters. The number of aryl methyl sites for hydroxylation is 3. The number of nitrogens with one attached hydrogen (secondary N) is 2. The van der Waals surface area contributed by atoms with E-state index in [1.54, 1.807) is 0 Å². The Balaban J connectivity index is 1.86. The van der Waals surface area contributed by atoms with E-state index in [1.807, 2.05) is 44.8 Å². The number of hydrogen-bond donors (Lipinski definition) is 2. The van der Waals surface area contributed by atoms with Gasteiger partial charge in [0.1, 0.15) is 12.3 Å². The third kappa shape index (κ3) is 4.61. The van der Waals surface area contributed by atoms with E-state index in [4.69, 9.17) is 4.42 Å². The van der Waals surface area contributed by atoms with Crippen molar-refractivity contribution >= 4 is 5.96 Å². The Hall–Kier alpha value is -2.31. The van der Waals surface area contributed by atoms with Gasteiger partial charge in [0, 0.05) is 19.3 Å². The van der Waals surface area contributed by atoms with E-state index < -0.39 is 0 Å². The second-order valence-corrected chi connectivity index (χ2v) is 5.15. The van der Waals surface area contributed by atoms with Crippen molar-refractivity contribution in [2.45, 2.75) is 40.8 Å². The predicted octanol–water partition coefficient (Wildman–Crippen LogP) is 1.55. The molecule has 0 spiro atoms. The molecule has 0 unspecified atom stereocenters. The number of aliphatic imine (C=N–C) groups is 1. The molecule has 0 aromatic carbocycles. The third-order valence-corrected chi connectivity index (χ3v) is 3.19. The van der Waals surface area contributed by atoms with Crippen molar-refractivity contribution < 1.29 is 4.42 Å². The van der Waals surface area contributed by atoms with Crippen molar-refractivity contribution in [3.8, 4) is 0 Å². The summed E-state index contributed by atoms with van der Waals surface area (Å²) in [6, 6.07) is 0. The molecule has 0 aliphatic carbocycles. The van der Waals surface area contributed by atoms with Gasteiger partial charge in [-0.2, -0.15) is 5.10 Å². The fraction of sp³-hybridized carbons (Fsp3) is 0.533. The smallest absolute Gasteiger partial charge is 0.216 e. The number of aromatic nitrogens is 3. The number of nitrogens with zero attached hydrogens (tertiary/aromatic N) is 4. The van der Waals surface area contributed by atoms with Crippen LogP contribution in [-0.2, 0) is 13.1 Å². The fourth-order valence-electron chi connectivity index (χ4n) is 1.97. The van der Waals surface area contributed by atoms with Crippen molar-refractivity contribution in [1.29, 1.82) is 0 Å². The molecule has 120 valence electrons. The van der Waals surface area contributed by atoms with Crippen LogP contribution in [0.4, 0.5) is 0 Å². The quantitative estimate of drug-likeness (QED) is 0.625. The molecule has 0 radical (unpaired) electrons. The number of guanidine groups is 1. The molecule has 0 bridgehead atoms. The molecule has 2 rings (SSSR count). The van der Waals surface area contributed by atoms with E-state index in [1.165, 1.54) is 0 Å². The standard InChI is InChI=1S/C15H24N6O/c1-5-16-15(17-6-7-21-10-11(2)8-19-21)18-9-14-20-12(3)13(4)22-14/h8,10H,5-7,9H2,1-4H3,(H2,16,17,18). The van der Waals surface area contributed by atoms with Crippen LogP contribution in [0.15, 0.2) is 21.8 Å². The molecular weight excluding hydrogens is 280 g/mol. The first-order valence-corrected chi connectivity index (χ1v) is 7.52. The zero-order valence-corrected chi connectivity index (χ0v) is 13.7. The summed E-state index contributed by atoms with van der Waals surface area (Å²) in [4.78, 5) is 8.81. The molecule has 0 saturated heterocycles. The highest BCUT2D eigenvalue weighted by Gasteiger charge is 2.05. The van der Waals surface area contributed by atoms with Crippen LogP contribution in [0, 0.1) is 20.8 Å². The van der Waals surface area contributed by atoms with E-state index in [9.17, 15) is 0 Å². The van der Waals surface area contributed by atoms with Gasteiger partial charge in [0.25, 0.3) is 0 Å². The van der Waals surface area contributed by atoms with Crippen molar-refractivity contribution in [2.75, 3.05) is 13.1 Å². The molecule has 0 aliphatic rings. The topological polar surface area (TPSA) is 80.3 Å². The summed E-state index contributed by atoms with van der Waals surface area (Å²) in [5.74, 6) is 2.23. The van der Waals surface area contributed by atoms with Crippen LogP contribution in [-0.4, -0.2) is 33.8 Å². The minimum atomic E-state index is 0.422. The fourth-order valence-corrected chi connectivity index (χ4v) is 1.97. The van der Waals surface area contributed by atoms with Crippen LogP contribution in [0.1, 0.15) is 29.8 Å². The number of oxazole rings is 1. The molecule has 22 heavy (non-hydrogen) atoms. The highest BCUT2D eigenvalue weighted by molar-refractivity contribution is 5.79. The van der Waals surface area contributed by atoms with Crippen LogP contribution in [0.5, 0.6) is 0 Å². The van der Waals surface area contributed by atoms with Crippen LogP contribution in [0.3, 0.4) is 0 Å². The highest BCUT2D eigenvalue weighted by atomic mass is 16.4. The first-order valence-electron chi connectivity index (χ1n) is 7.52. The van der Waals surface area contributed by atoms with Crippen molar-refractivity contribution in [3.63, 3.8) is 0 Å². The summed E-state index contributed by atoms with van der Waals surface area (Å²) in [6.45, 7) is 10.7. The van der Waals surface area contributed by atoms with Gasteiger partial charge in [-0.1, -0.05) is 0 Å². The summed E-state index contributed by atoms with van der Waals surface area (Å²) < 4.78 is 7.44. The Kier molecular flexibility index (Phi) is 5.57. The SMILES string of the molecule is CCNC(=NCc1nc(C)c(C)o1)NCCn1cc(C)cn1. The molecule has 0 fully saturated rings. The lowest BCUT2D eigenvalue weighted by Crippen LogP contribution is -2.38. The molecule has 2 heterocycles. The van der Waals surface area contributed by atoms with Gasteiger partial charge in [-0.15, -0.1) is 0 Å². The first kappa shape index (κ1) is 16.1. The minimum Gasteiger partial charge on any atom is -0.444 e. The molecule has 2 aromatic rings. The lowest BCUT2D eigenvalue weighted by Gasteiger charge is -2.10. The van der Waals surface area contributed by atoms with Gasteiger partial charge in [0.15, 0.2) is 5.96 Å². The summed E-state index contributed by atoms with van der Waals surface area (Å²) >= 11 is 0. The minimum absolute atomic E-state index is 0.422. The van der Waals surface area contributed by atoms with E-state index in [0.29, 0.717) is 12.4 Å². The molecule has 7 nitrogen and oxygen atoms in total. The van der Waals surface area contributed by atoms with E-state index >= 15 is 0 Å². The summed E-state index contributed by atoms with van der Waals surface area (Å²) in [5.41, 5.74) is 2.08. The van der Waals surface area contributed by atoms with Crippen LogP contribution in [0.2, 0.25) is 0 Å². The summed E-state index contributed by atoms with van der Waals surface area (Å²) in [7, 11) is 0. The molecule has 2 N–H and O–H groups in total. The highest BCUT2D eigenvalue weighted by Crippen LogP contribution is 2.08. The molecular formula is C15H24N6O. The van der Waals surface area contributed by atoms with Gasteiger partial charge < -0.3 is 15.1 Å². The zero-order valence-electron chi connectivity index (χ0n) is 13.7. The van der Waals surface area contributed by atoms with Gasteiger partial charge in [-0.3, -0.25) is 4.68 Å². The first-order chi connectivity index (χ1) is 10.6. The maximum Gasteiger partial charge on any atom is 0.216 e. The van der Waals surface area contributed by atoms with Crippen LogP contribution >= 0.6 is 0 Å². The normalized spacial score (nSPS) is 11.7. The maximum atomic E-state index is 5.53. The monoisotopic (exact) mass is 304 g/mol. The molecule has 2 aromatic heterocycles. The van der Waals surface area contributed by atoms with Crippen LogP contribution < -0.4 is 10.6 Å². The zero-order chi connectivity index (χ0) is 15.9. The number of rotatable bonds is 6. The van der Waals surface area contributed by atoms with Crippen molar-refractivity contribution in [2.24, 2.45) is 4.99 Å². The van der Waals surface area contributed by atoms with Gasteiger partial charge in [-0.25, -0.2) is 9.98 Å². The summed E-state index contributed by atoms with van der Waals surface area (Å²) in [5, 5.41) is 10.7. The average molecular weight is 304 g/mol. The van der Waals surface area contributed by atoms with Crippen molar-refractivity contribution in [1.82, 2.24) is 25.4 Å². The Labute approximate surface area is 130 Å². The molecule has 7 heteroatoms. The second kappa shape index (κ2) is 7.63. The summed E-state index contributed by atoms with van der Waals surface area (Å²) in [6.07, 6.45) is 3.87. The van der Waals surface area contributed by atoms with Gasteiger partial charge in [0.2, 0.25) is 5.89 Å². The Morgan fingerprint density at radius 3 is 2.73 bits per heavy atom. The second-order valence-electron chi connectivity index (χ2n) is 5.15. The van der Waals surface area contributed by atoms with E-state index in [0.717, 1.165) is 42.6 Å². The van der Waals surface area contributed by atoms with Gasteiger partial charge in [0.05, 0.1) is 18.4 Å². The third-order valence-electron chi connectivity index (χ3n) is 3.19. The molecule has 0 saturated carbocycles. The average Bonchev–Trinajstić information content (AvgIpc) is 3.03. The van der Waals surface area contributed by atoms with Crippen LogP contribution in [0.25, 0.3) is 0 Å². The van der Waals surface area contributed by atoms with Crippen molar-refractivity contribution in [3.05, 3.63) is 35.3 Å². The van der Waals surface area contributed by atoms with Gasteiger partial charge >= 0.3 is 0 Å². The molecule has 0 amide bonds. The number of hydrogen-bond acceptors (Lipinski definition) is 4. The Bertz CT molecular complexity index is 608. The van der Waals surface area contributed by atoms with Gasteiger partial charge in [-0.05, 0) is 33.3 Å². The predicted molar refractivity (Wildman–Crippen MR) is 85.8 cm³/mol. The largest absolute Gasteiger partial charge is 0.444 e.